The van der Waals surface area contributed by atoms with Gasteiger partial charge in [-0.1, -0.05) is 113 Å². The standard InChI is InChI=1S/C22H40N2O2S3/c1-3-4-5-6-7-8-9-10-11-12-13-14-15-16-17-18-19-28-22-24-23-20(21(25)26)29(22)27-2/h3-19H2,1-2H3. The molecule has 0 fully saturated rings. The molecular formula is C22H40N2O2S3. The van der Waals surface area contributed by atoms with Gasteiger partial charge in [-0.2, -0.15) is 0 Å². The van der Waals surface area contributed by atoms with E-state index in [2.05, 4.69) is 17.1 Å². The quantitative estimate of drug-likeness (QED) is 0.0897. The first-order valence-electron chi connectivity index (χ1n) is 11.5. The molecule has 1 unspecified atom stereocenters. The molecule has 7 heteroatoms. The van der Waals surface area contributed by atoms with Gasteiger partial charge in [0.2, 0.25) is 0 Å². The Labute approximate surface area is 188 Å². The van der Waals surface area contributed by atoms with E-state index in [-0.39, 0.29) is 5.01 Å². The summed E-state index contributed by atoms with van der Waals surface area (Å²) in [5.74, 6) is -0.193. The van der Waals surface area contributed by atoms with Crippen molar-refractivity contribution in [1.82, 2.24) is 10.2 Å². The van der Waals surface area contributed by atoms with E-state index >= 15 is 0 Å². The second kappa shape index (κ2) is 18.5. The minimum absolute atomic E-state index is 0.0898. The van der Waals surface area contributed by atoms with E-state index in [0.29, 0.717) is 0 Å². The molecule has 0 aliphatic heterocycles. The van der Waals surface area contributed by atoms with Crippen LogP contribution in [0.15, 0.2) is 4.34 Å². The van der Waals surface area contributed by atoms with Gasteiger partial charge in [-0.15, -0.1) is 0 Å². The molecule has 4 nitrogen and oxygen atoms in total. The molecule has 0 aromatic carbocycles. The summed E-state index contributed by atoms with van der Waals surface area (Å²) in [5.41, 5.74) is 0. The zero-order valence-corrected chi connectivity index (χ0v) is 20.9. The Bertz CT molecular complexity index is 538. The number of carbonyl (C=O) groups excluding carboxylic acids is 1. The minimum Gasteiger partial charge on any atom is -0.539 e. The first-order valence-corrected chi connectivity index (χ1v) is 15.4. The van der Waals surface area contributed by atoms with Crippen LogP contribution >= 0.6 is 32.1 Å². The number of carboxylic acid groups (broad SMARTS) is 1. The molecule has 0 aliphatic carbocycles. The van der Waals surface area contributed by atoms with E-state index in [1.54, 1.807) is 11.8 Å². The van der Waals surface area contributed by atoms with Crippen LogP contribution in [-0.4, -0.2) is 28.2 Å². The molecule has 1 rings (SSSR count). The molecule has 1 atom stereocenters. The van der Waals surface area contributed by atoms with Gasteiger partial charge in [0, 0.05) is 12.0 Å². The Hall–Kier alpha value is -0.270. The maximum atomic E-state index is 11.0. The molecule has 0 amide bonds. The first-order chi connectivity index (χ1) is 14.2. The van der Waals surface area contributed by atoms with Crippen LogP contribution in [-0.2, 0) is 0 Å². The summed E-state index contributed by atoms with van der Waals surface area (Å²) in [7, 11) is 0.950. The number of unbranched alkanes of at least 4 members (excludes halogenated alkanes) is 15. The zero-order valence-electron chi connectivity index (χ0n) is 18.5. The normalized spacial score (nSPS) is 11.9. The second-order valence-electron chi connectivity index (χ2n) is 7.65. The average Bonchev–Trinajstić information content (AvgIpc) is 3.13. The summed E-state index contributed by atoms with van der Waals surface area (Å²) in [6.07, 6.45) is 23.9. The van der Waals surface area contributed by atoms with Crippen molar-refractivity contribution in [2.45, 2.75) is 114 Å². The van der Waals surface area contributed by atoms with Crippen LogP contribution in [0.5, 0.6) is 0 Å². The third kappa shape index (κ3) is 12.9. The maximum Gasteiger partial charge on any atom is 0.335 e. The van der Waals surface area contributed by atoms with Crippen molar-refractivity contribution in [3.8, 4) is 0 Å². The molecule has 0 bridgehead atoms. The van der Waals surface area contributed by atoms with Crippen LogP contribution in [0.3, 0.4) is 0 Å². The lowest BCUT2D eigenvalue weighted by Gasteiger charge is -2.03. The van der Waals surface area contributed by atoms with Gasteiger partial charge in [-0.3, -0.25) is 0 Å². The Kier molecular flexibility index (Phi) is 17.1. The highest BCUT2D eigenvalue weighted by atomic mass is 33.1. The number of hydrogen-bond acceptors (Lipinski definition) is 6. The van der Waals surface area contributed by atoms with E-state index in [4.69, 9.17) is 0 Å². The number of hydrogen-bond donors (Lipinski definition) is 0. The summed E-state index contributed by atoms with van der Waals surface area (Å²) in [6, 6.07) is 0. The van der Waals surface area contributed by atoms with Crippen molar-refractivity contribution in [1.29, 1.82) is 0 Å². The molecule has 1 heterocycles. The van der Waals surface area contributed by atoms with Crippen LogP contribution in [0.4, 0.5) is 0 Å². The number of aromatic carboxylic acids is 1. The van der Waals surface area contributed by atoms with Crippen LogP contribution in [0.25, 0.3) is 0 Å². The summed E-state index contributed by atoms with van der Waals surface area (Å²) in [6.45, 7) is 2.28. The van der Waals surface area contributed by atoms with Crippen LogP contribution in [0.1, 0.15) is 119 Å². The van der Waals surface area contributed by atoms with Gasteiger partial charge in [0.15, 0.2) is 5.97 Å². The Balaban J connectivity index is 1.87. The molecule has 168 valence electrons. The van der Waals surface area contributed by atoms with Gasteiger partial charge in [0.25, 0.3) is 0 Å². The Morgan fingerprint density at radius 3 is 1.66 bits per heavy atom. The molecule has 0 radical (unpaired) electrons. The fourth-order valence-electron chi connectivity index (χ4n) is 3.40. The lowest BCUT2D eigenvalue weighted by atomic mass is 10.0. The third-order valence-corrected chi connectivity index (χ3v) is 10.4. The maximum absolute atomic E-state index is 11.0. The van der Waals surface area contributed by atoms with E-state index < -0.39 is 15.5 Å². The smallest absolute Gasteiger partial charge is 0.335 e. The molecule has 0 saturated carbocycles. The highest BCUT2D eigenvalue weighted by molar-refractivity contribution is 8.45. The van der Waals surface area contributed by atoms with E-state index in [1.165, 1.54) is 107 Å². The van der Waals surface area contributed by atoms with Crippen molar-refractivity contribution in [3.05, 3.63) is 5.01 Å². The second-order valence-corrected chi connectivity index (χ2v) is 12.6. The minimum atomic E-state index is -1.19. The Morgan fingerprint density at radius 2 is 1.24 bits per heavy atom. The third-order valence-electron chi connectivity index (χ3n) is 5.12. The van der Waals surface area contributed by atoms with Gasteiger partial charge in [-0.25, -0.2) is 0 Å². The summed E-state index contributed by atoms with van der Waals surface area (Å²) in [4.78, 5) is 11.0. The van der Waals surface area contributed by atoms with Gasteiger partial charge in [0.1, 0.15) is 20.3 Å². The predicted octanol–water partition coefficient (Wildman–Crippen LogP) is 7.07. The number of aromatic nitrogens is 2. The average molecular weight is 461 g/mol. The lowest BCUT2D eigenvalue weighted by Crippen LogP contribution is -2.22. The molecule has 0 spiro atoms. The van der Waals surface area contributed by atoms with E-state index in [1.807, 2.05) is 6.26 Å². The van der Waals surface area contributed by atoms with Crippen LogP contribution < -0.4 is 5.11 Å². The number of rotatable bonds is 20. The first kappa shape index (κ1) is 26.8. The fraction of sp³-hybridized carbons (Fsp3) is 0.864. The van der Waals surface area contributed by atoms with E-state index in [9.17, 15) is 9.90 Å². The number of nitrogens with zero attached hydrogens (tertiary/aromatic N) is 2. The Morgan fingerprint density at radius 1 is 0.793 bits per heavy atom. The highest BCUT2D eigenvalue weighted by Crippen LogP contribution is 2.42. The van der Waals surface area contributed by atoms with Crippen molar-refractivity contribution in [2.24, 2.45) is 0 Å². The summed E-state index contributed by atoms with van der Waals surface area (Å²) < 4.78 is 0.845. The van der Waals surface area contributed by atoms with Gasteiger partial charge in [0.05, 0.1) is 0 Å². The molecule has 0 aliphatic rings. The van der Waals surface area contributed by atoms with Crippen LogP contribution in [0, 0.1) is 0 Å². The molecule has 29 heavy (non-hydrogen) atoms. The molecular weight excluding hydrogens is 420 g/mol. The van der Waals surface area contributed by atoms with Crippen molar-refractivity contribution in [3.63, 3.8) is 0 Å². The van der Waals surface area contributed by atoms with Gasteiger partial charge in [-0.05, 0) is 18.2 Å². The lowest BCUT2D eigenvalue weighted by molar-refractivity contribution is -0.255. The topological polar surface area (TPSA) is 65.9 Å². The van der Waals surface area contributed by atoms with Gasteiger partial charge >= 0.3 is 9.35 Å². The summed E-state index contributed by atoms with van der Waals surface area (Å²) >= 11 is 1.66. The largest absolute Gasteiger partial charge is 0.539 e. The molecule has 1 aromatic heterocycles. The van der Waals surface area contributed by atoms with Gasteiger partial charge < -0.3 is 9.90 Å². The van der Waals surface area contributed by atoms with Crippen molar-refractivity contribution in [2.75, 3.05) is 12.0 Å². The molecule has 0 saturated heterocycles. The van der Waals surface area contributed by atoms with Crippen molar-refractivity contribution < 1.29 is 9.90 Å². The van der Waals surface area contributed by atoms with Crippen LogP contribution in [0.2, 0.25) is 0 Å². The van der Waals surface area contributed by atoms with Crippen molar-refractivity contribution >= 4 is 38.0 Å². The predicted molar refractivity (Wildman–Crippen MR) is 128 cm³/mol. The van der Waals surface area contributed by atoms with E-state index in [0.717, 1.165) is 16.5 Å². The summed E-state index contributed by atoms with van der Waals surface area (Å²) in [5, 5.41) is 18.9. The monoisotopic (exact) mass is 460 g/mol. The zero-order chi connectivity index (χ0) is 21.2. The fourth-order valence-corrected chi connectivity index (χ4v) is 8.14. The number of carboxylic acids is 1. The molecule has 1 aromatic rings. The number of carbonyl (C=O) groups is 1. The molecule has 0 N–H and O–H groups in total. The number of thioether (sulfide) groups is 1. The highest BCUT2D eigenvalue weighted by Gasteiger charge is 2.26. The SMILES string of the molecule is CCCCCCCCCCCCCCCCCCSc1nnc(C(=O)[O-])[s+]1SC.